The first-order chi connectivity index (χ1) is 16.4. The minimum absolute atomic E-state index is 0.137. The summed E-state index contributed by atoms with van der Waals surface area (Å²) in [6, 6.07) is 16.6. The van der Waals surface area contributed by atoms with Crippen LogP contribution >= 0.6 is 0 Å². The number of aromatic nitrogens is 1. The Kier molecular flexibility index (Phi) is 7.35. The van der Waals surface area contributed by atoms with E-state index in [1.807, 2.05) is 37.3 Å². The molecule has 4 rings (SSSR count). The quantitative estimate of drug-likeness (QED) is 0.271. The Morgan fingerprint density at radius 3 is 2.71 bits per heavy atom. The molecule has 2 unspecified atom stereocenters. The van der Waals surface area contributed by atoms with E-state index in [9.17, 15) is 14.1 Å². The zero-order valence-corrected chi connectivity index (χ0v) is 19.7. The maximum Gasteiger partial charge on any atom is 0.251 e. The van der Waals surface area contributed by atoms with Gasteiger partial charge in [-0.15, -0.1) is 0 Å². The molecule has 3 aromatic rings. The fourth-order valence-corrected chi connectivity index (χ4v) is 5.89. The van der Waals surface area contributed by atoms with Crippen LogP contribution in [0.1, 0.15) is 40.9 Å². The molecule has 3 N–H and O–H groups in total. The molecule has 178 valence electrons. The van der Waals surface area contributed by atoms with Crippen molar-refractivity contribution >= 4 is 33.9 Å². The van der Waals surface area contributed by atoms with Crippen molar-refractivity contribution in [3.8, 4) is 5.75 Å². The van der Waals surface area contributed by atoms with Gasteiger partial charge in [0.15, 0.2) is 0 Å². The Hall–Kier alpha value is -3.14. The molecule has 8 nitrogen and oxygen atoms in total. The average molecular weight is 482 g/mol. The average Bonchev–Trinajstić information content (AvgIpc) is 2.82. The summed E-state index contributed by atoms with van der Waals surface area (Å²) in [4.78, 5) is 29.3. The predicted molar refractivity (Wildman–Crippen MR) is 129 cm³/mol. The Morgan fingerprint density at radius 2 is 1.97 bits per heavy atom. The molecule has 2 heterocycles. The van der Waals surface area contributed by atoms with E-state index < -0.39 is 22.6 Å². The summed E-state index contributed by atoms with van der Waals surface area (Å²) < 4.78 is 18.1. The van der Waals surface area contributed by atoms with E-state index >= 15 is 0 Å². The lowest BCUT2D eigenvalue weighted by Crippen LogP contribution is -2.57. The second-order valence-corrected chi connectivity index (χ2v) is 10.2. The zero-order chi connectivity index (χ0) is 24.1. The molecule has 1 fully saturated rings. The summed E-state index contributed by atoms with van der Waals surface area (Å²) >= 11 is -1.14. The lowest BCUT2D eigenvalue weighted by molar-refractivity contribution is -0.130. The number of hydrogen-bond donors (Lipinski definition) is 3. The van der Waals surface area contributed by atoms with Gasteiger partial charge in [0.25, 0.3) is 5.91 Å². The Morgan fingerprint density at radius 1 is 1.21 bits per heavy atom. The van der Waals surface area contributed by atoms with Gasteiger partial charge in [-0.25, -0.2) is 5.48 Å². The molecule has 9 heteroatoms. The van der Waals surface area contributed by atoms with Gasteiger partial charge in [0.05, 0.1) is 17.5 Å². The number of ether oxygens (including phenoxy) is 1. The van der Waals surface area contributed by atoms with Crippen molar-refractivity contribution in [3.05, 3.63) is 71.4 Å². The van der Waals surface area contributed by atoms with Gasteiger partial charge in [-0.05, 0) is 56.2 Å². The number of fused-ring (bicyclic) bond motifs is 1. The second-order valence-electron chi connectivity index (χ2n) is 8.59. The van der Waals surface area contributed by atoms with Crippen molar-refractivity contribution in [2.24, 2.45) is 0 Å². The number of pyridine rings is 1. The van der Waals surface area contributed by atoms with Gasteiger partial charge in [-0.3, -0.25) is 19.8 Å². The summed E-state index contributed by atoms with van der Waals surface area (Å²) in [7, 11) is 0. The number of hydrogen-bond acceptors (Lipinski definition) is 6. The molecule has 1 aliphatic heterocycles. The minimum Gasteiger partial charge on any atom is -0.616 e. The van der Waals surface area contributed by atoms with Crippen molar-refractivity contribution in [2.75, 3.05) is 11.5 Å². The minimum atomic E-state index is -1.14. The molecule has 0 saturated carbocycles. The number of carbonyl (C=O) groups is 2. The van der Waals surface area contributed by atoms with Crippen LogP contribution in [0.3, 0.4) is 0 Å². The number of hydroxylamine groups is 1. The molecular weight excluding hydrogens is 454 g/mol. The van der Waals surface area contributed by atoms with Crippen LogP contribution in [-0.4, -0.2) is 43.6 Å². The molecular formula is C25H27N3O5S. The Bertz CT molecular complexity index is 1190. The van der Waals surface area contributed by atoms with Crippen LogP contribution in [0.2, 0.25) is 0 Å². The number of nitrogens with zero attached hydrogens (tertiary/aromatic N) is 1. The van der Waals surface area contributed by atoms with Crippen LogP contribution in [0.4, 0.5) is 0 Å². The highest BCUT2D eigenvalue weighted by atomic mass is 32.2. The van der Waals surface area contributed by atoms with Crippen LogP contribution in [-0.2, 0) is 22.6 Å². The van der Waals surface area contributed by atoms with E-state index in [0.717, 1.165) is 22.2 Å². The van der Waals surface area contributed by atoms with Crippen LogP contribution in [0.15, 0.2) is 54.6 Å². The summed E-state index contributed by atoms with van der Waals surface area (Å²) in [5, 5.41) is 12.9. The van der Waals surface area contributed by atoms with Crippen LogP contribution in [0.25, 0.3) is 10.9 Å². The molecule has 2 atom stereocenters. The van der Waals surface area contributed by atoms with Crippen molar-refractivity contribution in [1.82, 2.24) is 15.8 Å². The largest absolute Gasteiger partial charge is 0.616 e. The number of para-hydroxylation sites is 1. The van der Waals surface area contributed by atoms with Crippen LogP contribution < -0.4 is 15.5 Å². The third kappa shape index (κ3) is 5.67. The van der Waals surface area contributed by atoms with E-state index in [1.54, 1.807) is 29.7 Å². The number of amides is 2. The fraction of sp³-hybridized carbons (Fsp3) is 0.320. The smallest absolute Gasteiger partial charge is 0.251 e. The van der Waals surface area contributed by atoms with E-state index in [-0.39, 0.29) is 18.1 Å². The topological polar surface area (TPSA) is 124 Å². The first-order valence-corrected chi connectivity index (χ1v) is 12.5. The van der Waals surface area contributed by atoms with Gasteiger partial charge in [0.2, 0.25) is 5.91 Å². The highest BCUT2D eigenvalue weighted by Crippen LogP contribution is 2.27. The van der Waals surface area contributed by atoms with Gasteiger partial charge in [-0.2, -0.15) is 0 Å². The van der Waals surface area contributed by atoms with Crippen LogP contribution in [0, 0.1) is 6.92 Å². The van der Waals surface area contributed by atoms with Crippen molar-refractivity contribution in [3.63, 3.8) is 0 Å². The van der Waals surface area contributed by atoms with Gasteiger partial charge in [0.1, 0.15) is 23.9 Å². The molecule has 2 aromatic carbocycles. The summed E-state index contributed by atoms with van der Waals surface area (Å²) in [5.41, 5.74) is 3.91. The maximum atomic E-state index is 12.9. The summed E-state index contributed by atoms with van der Waals surface area (Å²) in [6.07, 6.45) is 1.00. The molecule has 0 spiro atoms. The fourth-order valence-electron chi connectivity index (χ4n) is 4.34. The monoisotopic (exact) mass is 481 g/mol. The number of nitrogens with one attached hydrogen (secondary N) is 2. The molecule has 1 aromatic heterocycles. The molecule has 1 saturated heterocycles. The molecule has 1 aliphatic rings. The Balaban J connectivity index is 1.44. The van der Waals surface area contributed by atoms with Crippen LogP contribution in [0.5, 0.6) is 5.75 Å². The van der Waals surface area contributed by atoms with Crippen molar-refractivity contribution < 1.29 is 24.1 Å². The number of benzene rings is 2. The third-order valence-corrected chi connectivity index (χ3v) is 7.53. The first kappa shape index (κ1) is 24.0. The molecule has 0 radical (unpaired) electrons. The maximum absolute atomic E-state index is 12.9. The molecule has 0 aliphatic carbocycles. The number of rotatable bonds is 7. The van der Waals surface area contributed by atoms with E-state index in [1.165, 1.54) is 0 Å². The first-order valence-electron chi connectivity index (χ1n) is 11.1. The van der Waals surface area contributed by atoms with Gasteiger partial charge in [-0.1, -0.05) is 29.4 Å². The highest BCUT2D eigenvalue weighted by Gasteiger charge is 2.42. The van der Waals surface area contributed by atoms with E-state index in [2.05, 4.69) is 10.3 Å². The van der Waals surface area contributed by atoms with E-state index in [0.29, 0.717) is 36.5 Å². The van der Waals surface area contributed by atoms with Gasteiger partial charge >= 0.3 is 0 Å². The molecule has 0 bridgehead atoms. The number of aryl methyl sites for hydroxylation is 1. The lowest BCUT2D eigenvalue weighted by atomic mass is 9.90. The SMILES string of the molecule is Cc1cc(COc2ccc(C(=O)NC3(CC(=O)NO)CCC[S+]([O-])C3)cc2)c2ccccc2n1. The second kappa shape index (κ2) is 10.4. The Labute approximate surface area is 200 Å². The normalized spacial score (nSPS) is 20.0. The molecule has 34 heavy (non-hydrogen) atoms. The summed E-state index contributed by atoms with van der Waals surface area (Å²) in [6.45, 7) is 2.31. The summed E-state index contributed by atoms with van der Waals surface area (Å²) in [5.74, 6) is 0.334. The van der Waals surface area contributed by atoms with Gasteiger partial charge in [0, 0.05) is 22.2 Å². The van der Waals surface area contributed by atoms with E-state index in [4.69, 9.17) is 9.94 Å². The zero-order valence-electron chi connectivity index (χ0n) is 18.9. The standard InChI is InChI=1S/C25H27N3O5S/c1-17-13-19(21-5-2-3-6-22(21)26-17)15-33-20-9-7-18(8-10-20)24(30)27-25(14-23(29)28-31)11-4-12-34(32)16-25/h2-3,5-10,13,31H,4,11-12,14-16H2,1H3,(H,27,30)(H,28,29). The van der Waals surface area contributed by atoms with Gasteiger partial charge < -0.3 is 14.6 Å². The highest BCUT2D eigenvalue weighted by molar-refractivity contribution is 7.91. The van der Waals surface area contributed by atoms with Crippen molar-refractivity contribution in [2.45, 2.75) is 38.3 Å². The third-order valence-electron chi connectivity index (χ3n) is 5.91. The lowest BCUT2D eigenvalue weighted by Gasteiger charge is -2.37. The number of carbonyl (C=O) groups excluding carboxylic acids is 2. The van der Waals surface area contributed by atoms with Crippen molar-refractivity contribution in [1.29, 1.82) is 0 Å². The molecule has 2 amide bonds. The predicted octanol–water partition coefficient (Wildman–Crippen LogP) is 3.03.